The highest BCUT2D eigenvalue weighted by Gasteiger charge is 2.20. The maximum Gasteiger partial charge on any atom is 0.513 e. The molecule has 0 N–H and O–H groups in total. The summed E-state index contributed by atoms with van der Waals surface area (Å²) in [7, 11) is 0. The van der Waals surface area contributed by atoms with Gasteiger partial charge in [-0.2, -0.15) is 0 Å². The van der Waals surface area contributed by atoms with Crippen molar-refractivity contribution in [3.63, 3.8) is 0 Å². The lowest BCUT2D eigenvalue weighted by atomic mass is 9.84. The first kappa shape index (κ1) is 13.9. The van der Waals surface area contributed by atoms with Gasteiger partial charge in [-0.05, 0) is 36.8 Å². The highest BCUT2D eigenvalue weighted by Crippen LogP contribution is 2.37. The molecule has 1 fully saturated rings. The summed E-state index contributed by atoms with van der Waals surface area (Å²) in [6.45, 7) is 2.37. The molecule has 1 aromatic rings. The van der Waals surface area contributed by atoms with Crippen LogP contribution in [0.2, 0.25) is 0 Å². The SMILES string of the molecule is CCCOC(=O)Oc1ccccc1C1CCCCC1. The molecule has 1 aromatic carbocycles. The minimum Gasteiger partial charge on any atom is -0.434 e. The number of ether oxygens (including phenoxy) is 2. The van der Waals surface area contributed by atoms with E-state index >= 15 is 0 Å². The van der Waals surface area contributed by atoms with Gasteiger partial charge in [0.05, 0.1) is 6.61 Å². The van der Waals surface area contributed by atoms with Gasteiger partial charge in [0.25, 0.3) is 0 Å². The second-order valence-corrected chi connectivity index (χ2v) is 5.07. The van der Waals surface area contributed by atoms with Gasteiger partial charge >= 0.3 is 6.16 Å². The van der Waals surface area contributed by atoms with Crippen LogP contribution >= 0.6 is 0 Å². The zero-order valence-electron chi connectivity index (χ0n) is 11.6. The zero-order chi connectivity index (χ0) is 13.5. The van der Waals surface area contributed by atoms with Gasteiger partial charge in [-0.1, -0.05) is 44.4 Å². The Hall–Kier alpha value is -1.51. The average molecular weight is 262 g/mol. The van der Waals surface area contributed by atoms with Crippen LogP contribution in [0.1, 0.15) is 56.9 Å². The third-order valence-electron chi connectivity index (χ3n) is 3.58. The normalized spacial score (nSPS) is 16.1. The largest absolute Gasteiger partial charge is 0.513 e. The molecule has 0 amide bonds. The summed E-state index contributed by atoms with van der Waals surface area (Å²) in [5.74, 6) is 1.18. The second kappa shape index (κ2) is 7.17. The van der Waals surface area contributed by atoms with Crippen LogP contribution in [-0.4, -0.2) is 12.8 Å². The Morgan fingerprint density at radius 3 is 2.68 bits per heavy atom. The van der Waals surface area contributed by atoms with E-state index in [1.807, 2.05) is 25.1 Å². The molecule has 19 heavy (non-hydrogen) atoms. The fourth-order valence-corrected chi connectivity index (χ4v) is 2.63. The molecule has 104 valence electrons. The van der Waals surface area contributed by atoms with Crippen molar-refractivity contribution in [2.75, 3.05) is 6.61 Å². The summed E-state index contributed by atoms with van der Waals surface area (Å²) in [5, 5.41) is 0. The van der Waals surface area contributed by atoms with Crippen LogP contribution in [0, 0.1) is 0 Å². The van der Waals surface area contributed by atoms with Crippen molar-refractivity contribution in [3.05, 3.63) is 29.8 Å². The van der Waals surface area contributed by atoms with Crippen LogP contribution in [0.4, 0.5) is 4.79 Å². The van der Waals surface area contributed by atoms with E-state index in [0.29, 0.717) is 18.3 Å². The van der Waals surface area contributed by atoms with E-state index in [1.165, 1.54) is 32.1 Å². The van der Waals surface area contributed by atoms with Gasteiger partial charge in [-0.25, -0.2) is 4.79 Å². The lowest BCUT2D eigenvalue weighted by Gasteiger charge is -2.23. The van der Waals surface area contributed by atoms with Gasteiger partial charge in [-0.3, -0.25) is 0 Å². The minimum atomic E-state index is -0.592. The molecular weight excluding hydrogens is 240 g/mol. The lowest BCUT2D eigenvalue weighted by Crippen LogP contribution is -2.14. The van der Waals surface area contributed by atoms with E-state index < -0.39 is 6.16 Å². The van der Waals surface area contributed by atoms with Crippen LogP contribution in [0.15, 0.2) is 24.3 Å². The maximum absolute atomic E-state index is 11.6. The molecule has 1 aliphatic carbocycles. The molecule has 0 radical (unpaired) electrons. The van der Waals surface area contributed by atoms with Crippen molar-refractivity contribution < 1.29 is 14.3 Å². The molecule has 0 spiro atoms. The summed E-state index contributed by atoms with van der Waals surface area (Å²) in [4.78, 5) is 11.6. The Morgan fingerprint density at radius 1 is 1.21 bits per heavy atom. The van der Waals surface area contributed by atoms with E-state index in [4.69, 9.17) is 9.47 Å². The monoisotopic (exact) mass is 262 g/mol. The number of hydrogen-bond donors (Lipinski definition) is 0. The first-order chi connectivity index (χ1) is 9.31. The highest BCUT2D eigenvalue weighted by molar-refractivity contribution is 5.64. The Labute approximate surface area is 114 Å². The second-order valence-electron chi connectivity index (χ2n) is 5.07. The fraction of sp³-hybridized carbons (Fsp3) is 0.562. The first-order valence-corrected chi connectivity index (χ1v) is 7.24. The molecule has 3 heteroatoms. The number of rotatable bonds is 4. The van der Waals surface area contributed by atoms with E-state index in [2.05, 4.69) is 6.07 Å². The number of carbonyl (C=O) groups is 1. The summed E-state index contributed by atoms with van der Waals surface area (Å²) >= 11 is 0. The summed E-state index contributed by atoms with van der Waals surface area (Å²) in [6.07, 6.45) is 6.43. The molecular formula is C16H22O3. The van der Waals surface area contributed by atoms with E-state index in [-0.39, 0.29) is 0 Å². The molecule has 0 atom stereocenters. The van der Waals surface area contributed by atoms with E-state index in [1.54, 1.807) is 0 Å². The molecule has 0 bridgehead atoms. The smallest absolute Gasteiger partial charge is 0.434 e. The fourth-order valence-electron chi connectivity index (χ4n) is 2.63. The molecule has 0 aliphatic heterocycles. The maximum atomic E-state index is 11.6. The van der Waals surface area contributed by atoms with Crippen LogP contribution < -0.4 is 4.74 Å². The van der Waals surface area contributed by atoms with Crippen LogP contribution in [0.5, 0.6) is 5.75 Å². The van der Waals surface area contributed by atoms with Gasteiger partial charge in [0.1, 0.15) is 5.75 Å². The average Bonchev–Trinajstić information content (AvgIpc) is 2.46. The predicted molar refractivity (Wildman–Crippen MR) is 74.5 cm³/mol. The van der Waals surface area contributed by atoms with Crippen LogP contribution in [0.25, 0.3) is 0 Å². The molecule has 1 saturated carbocycles. The van der Waals surface area contributed by atoms with Gasteiger partial charge in [-0.15, -0.1) is 0 Å². The molecule has 0 aromatic heterocycles. The standard InChI is InChI=1S/C16H22O3/c1-2-12-18-16(17)19-15-11-7-6-10-14(15)13-8-4-3-5-9-13/h6-7,10-11,13H,2-5,8-9,12H2,1H3. The van der Waals surface area contributed by atoms with Crippen molar-refractivity contribution in [1.29, 1.82) is 0 Å². The lowest BCUT2D eigenvalue weighted by molar-refractivity contribution is 0.0986. The van der Waals surface area contributed by atoms with Gasteiger partial charge in [0.15, 0.2) is 0 Å². The van der Waals surface area contributed by atoms with Crippen LogP contribution in [-0.2, 0) is 4.74 Å². The summed E-state index contributed by atoms with van der Waals surface area (Å²) < 4.78 is 10.3. The predicted octanol–water partition coefficient (Wildman–Crippen LogP) is 4.66. The van der Waals surface area contributed by atoms with Crippen molar-refractivity contribution in [1.82, 2.24) is 0 Å². The van der Waals surface area contributed by atoms with Crippen molar-refractivity contribution in [3.8, 4) is 5.75 Å². The van der Waals surface area contributed by atoms with Crippen LogP contribution in [0.3, 0.4) is 0 Å². The molecule has 0 heterocycles. The summed E-state index contributed by atoms with van der Waals surface area (Å²) in [6, 6.07) is 7.83. The van der Waals surface area contributed by atoms with Crippen molar-refractivity contribution in [2.24, 2.45) is 0 Å². The van der Waals surface area contributed by atoms with Crippen molar-refractivity contribution >= 4 is 6.16 Å². The quantitative estimate of drug-likeness (QED) is 0.584. The number of hydrogen-bond acceptors (Lipinski definition) is 3. The van der Waals surface area contributed by atoms with E-state index in [0.717, 1.165) is 12.0 Å². The number of carbonyl (C=O) groups excluding carboxylic acids is 1. The van der Waals surface area contributed by atoms with Gasteiger partial charge in [0.2, 0.25) is 0 Å². The Balaban J connectivity index is 2.05. The third kappa shape index (κ3) is 3.98. The van der Waals surface area contributed by atoms with Gasteiger partial charge < -0.3 is 9.47 Å². The number of para-hydroxylation sites is 1. The molecule has 0 saturated heterocycles. The molecule has 0 unspecified atom stereocenters. The topological polar surface area (TPSA) is 35.5 Å². The van der Waals surface area contributed by atoms with Crippen molar-refractivity contribution in [2.45, 2.75) is 51.4 Å². The zero-order valence-corrected chi connectivity index (χ0v) is 11.6. The minimum absolute atomic E-state index is 0.407. The van der Waals surface area contributed by atoms with E-state index in [9.17, 15) is 4.79 Å². The molecule has 2 rings (SSSR count). The Morgan fingerprint density at radius 2 is 1.95 bits per heavy atom. The molecule has 1 aliphatic rings. The third-order valence-corrected chi connectivity index (χ3v) is 3.58. The van der Waals surface area contributed by atoms with Gasteiger partial charge in [0, 0.05) is 0 Å². The Bertz CT molecular complexity index is 408. The Kier molecular flexibility index (Phi) is 5.25. The first-order valence-electron chi connectivity index (χ1n) is 7.24. The number of benzene rings is 1. The highest BCUT2D eigenvalue weighted by atomic mass is 16.7. The summed E-state index contributed by atoms with van der Waals surface area (Å²) in [5.41, 5.74) is 1.15. The molecule has 3 nitrogen and oxygen atoms in total.